The van der Waals surface area contributed by atoms with Crippen LogP contribution in [0.25, 0.3) is 22.2 Å². The summed E-state index contributed by atoms with van der Waals surface area (Å²) in [5.74, 6) is 1.69. The van der Waals surface area contributed by atoms with Crippen LogP contribution in [0.2, 0.25) is 0 Å². The molecule has 0 radical (unpaired) electrons. The van der Waals surface area contributed by atoms with E-state index in [-0.39, 0.29) is 0 Å². The van der Waals surface area contributed by atoms with E-state index in [1.165, 1.54) is 0 Å². The van der Waals surface area contributed by atoms with Gasteiger partial charge in [0, 0.05) is 23.1 Å². The van der Waals surface area contributed by atoms with Crippen molar-refractivity contribution in [3.8, 4) is 17.0 Å². The van der Waals surface area contributed by atoms with E-state index < -0.39 is 6.10 Å². The second-order valence-electron chi connectivity index (χ2n) is 6.79. The van der Waals surface area contributed by atoms with E-state index in [2.05, 4.69) is 28.1 Å². The van der Waals surface area contributed by atoms with E-state index in [1.54, 1.807) is 13.4 Å². The van der Waals surface area contributed by atoms with Crippen molar-refractivity contribution in [3.05, 3.63) is 78.8 Å². The Labute approximate surface area is 164 Å². The maximum Gasteiger partial charge on any atom is 0.118 e. The van der Waals surface area contributed by atoms with Crippen molar-refractivity contribution in [1.82, 2.24) is 9.88 Å². The summed E-state index contributed by atoms with van der Waals surface area (Å²) in [4.78, 5) is 0. The summed E-state index contributed by atoms with van der Waals surface area (Å²) >= 11 is 0. The number of benzene rings is 2. The number of furan rings is 1. The third-order valence-corrected chi connectivity index (χ3v) is 4.85. The molecule has 4 rings (SSSR count). The number of aromatic nitrogens is 1. The van der Waals surface area contributed by atoms with Gasteiger partial charge in [0.15, 0.2) is 0 Å². The third kappa shape index (κ3) is 3.96. The molecule has 5 nitrogen and oxygen atoms in total. The molecule has 5 heteroatoms. The van der Waals surface area contributed by atoms with E-state index in [4.69, 9.17) is 9.15 Å². The largest absolute Gasteiger partial charge is 0.497 e. The van der Waals surface area contributed by atoms with Crippen LogP contribution in [0.1, 0.15) is 5.76 Å². The Morgan fingerprint density at radius 3 is 2.64 bits per heavy atom. The number of hydrogen-bond donors (Lipinski definition) is 2. The molecule has 2 aromatic carbocycles. The first-order chi connectivity index (χ1) is 13.7. The number of para-hydroxylation sites is 1. The molecule has 0 unspecified atom stereocenters. The molecule has 2 heterocycles. The Morgan fingerprint density at radius 1 is 1.07 bits per heavy atom. The normalized spacial score (nSPS) is 12.4. The topological polar surface area (TPSA) is 59.6 Å². The summed E-state index contributed by atoms with van der Waals surface area (Å²) < 4.78 is 12.8. The van der Waals surface area contributed by atoms with Crippen molar-refractivity contribution < 1.29 is 14.3 Å². The summed E-state index contributed by atoms with van der Waals surface area (Å²) in [6.07, 6.45) is 1.13. The molecule has 0 spiro atoms. The van der Waals surface area contributed by atoms with Crippen molar-refractivity contribution in [2.45, 2.75) is 19.2 Å². The van der Waals surface area contributed by atoms with E-state index >= 15 is 0 Å². The summed E-state index contributed by atoms with van der Waals surface area (Å²) in [6.45, 7) is 1.58. The molecule has 0 fully saturated rings. The Kier molecular flexibility index (Phi) is 5.46. The first kappa shape index (κ1) is 18.3. The fraction of sp³-hybridized carbons (Fsp3) is 0.217. The lowest BCUT2D eigenvalue weighted by Gasteiger charge is -2.16. The highest BCUT2D eigenvalue weighted by molar-refractivity contribution is 5.87. The standard InChI is InChI=1S/C23H24N2O3/c1-27-20-10-8-17(9-11-20)23-13-18-5-2-3-7-22(18)25(23)16-19(26)14-24-15-21-6-4-12-28-21/h2-13,19,24,26H,14-16H2,1H3/t19-/m1/s1. The Bertz CT molecular complexity index is 1020. The molecule has 28 heavy (non-hydrogen) atoms. The van der Waals surface area contributed by atoms with Gasteiger partial charge in [-0.3, -0.25) is 0 Å². The van der Waals surface area contributed by atoms with Gasteiger partial charge in [0.25, 0.3) is 0 Å². The molecule has 144 valence electrons. The maximum atomic E-state index is 10.6. The summed E-state index contributed by atoms with van der Waals surface area (Å²) in [6, 6.07) is 22.2. The van der Waals surface area contributed by atoms with Crippen LogP contribution in [-0.2, 0) is 13.1 Å². The van der Waals surface area contributed by atoms with Crippen LogP contribution < -0.4 is 10.1 Å². The number of methoxy groups -OCH3 is 1. The molecule has 0 bridgehead atoms. The quantitative estimate of drug-likeness (QED) is 0.487. The van der Waals surface area contributed by atoms with E-state index in [0.29, 0.717) is 19.6 Å². The van der Waals surface area contributed by atoms with Gasteiger partial charge in [-0.2, -0.15) is 0 Å². The fourth-order valence-corrected chi connectivity index (χ4v) is 3.46. The van der Waals surface area contributed by atoms with Gasteiger partial charge in [0.1, 0.15) is 11.5 Å². The average Bonchev–Trinajstić information content (AvgIpc) is 3.36. The smallest absolute Gasteiger partial charge is 0.118 e. The lowest BCUT2D eigenvalue weighted by atomic mass is 10.1. The maximum absolute atomic E-state index is 10.6. The monoisotopic (exact) mass is 376 g/mol. The van der Waals surface area contributed by atoms with Gasteiger partial charge in [0.2, 0.25) is 0 Å². The number of fused-ring (bicyclic) bond motifs is 1. The highest BCUT2D eigenvalue weighted by atomic mass is 16.5. The number of nitrogens with zero attached hydrogens (tertiary/aromatic N) is 1. The Hall–Kier alpha value is -3.02. The van der Waals surface area contributed by atoms with Crippen molar-refractivity contribution in [3.63, 3.8) is 0 Å². The predicted octanol–water partition coefficient (Wildman–Crippen LogP) is 4.06. The van der Waals surface area contributed by atoms with E-state index in [0.717, 1.165) is 33.7 Å². The first-order valence-electron chi connectivity index (χ1n) is 9.38. The summed E-state index contributed by atoms with van der Waals surface area (Å²) in [7, 11) is 1.66. The van der Waals surface area contributed by atoms with Crippen LogP contribution in [0.15, 0.2) is 77.4 Å². The number of aliphatic hydroxyl groups is 1. The van der Waals surface area contributed by atoms with Gasteiger partial charge in [-0.25, -0.2) is 0 Å². The minimum absolute atomic E-state index is 0.481. The molecular formula is C23H24N2O3. The van der Waals surface area contributed by atoms with Gasteiger partial charge >= 0.3 is 0 Å². The molecule has 0 amide bonds. The van der Waals surface area contributed by atoms with Crippen LogP contribution in [0, 0.1) is 0 Å². The molecular weight excluding hydrogens is 352 g/mol. The number of ether oxygens (including phenoxy) is 1. The average molecular weight is 376 g/mol. The first-order valence-corrected chi connectivity index (χ1v) is 9.38. The van der Waals surface area contributed by atoms with Gasteiger partial charge in [-0.15, -0.1) is 0 Å². The number of hydrogen-bond acceptors (Lipinski definition) is 4. The van der Waals surface area contributed by atoms with Crippen molar-refractivity contribution in [1.29, 1.82) is 0 Å². The van der Waals surface area contributed by atoms with Crippen LogP contribution in [0.4, 0.5) is 0 Å². The highest BCUT2D eigenvalue weighted by Gasteiger charge is 2.14. The Balaban J connectivity index is 1.55. The van der Waals surface area contributed by atoms with Crippen molar-refractivity contribution in [2.24, 2.45) is 0 Å². The zero-order valence-corrected chi connectivity index (χ0v) is 15.8. The Morgan fingerprint density at radius 2 is 1.89 bits per heavy atom. The molecule has 2 N–H and O–H groups in total. The molecule has 0 aliphatic rings. The number of aliphatic hydroxyl groups excluding tert-OH is 1. The third-order valence-electron chi connectivity index (χ3n) is 4.85. The molecule has 0 aliphatic carbocycles. The minimum Gasteiger partial charge on any atom is -0.497 e. The molecule has 1 atom stereocenters. The molecule has 0 saturated carbocycles. The summed E-state index contributed by atoms with van der Waals surface area (Å²) in [5.41, 5.74) is 3.28. The SMILES string of the molecule is COc1ccc(-c2cc3ccccc3n2C[C@H](O)CNCc2ccco2)cc1. The molecule has 0 aliphatic heterocycles. The number of nitrogens with one attached hydrogen (secondary N) is 1. The zero-order valence-electron chi connectivity index (χ0n) is 15.8. The van der Waals surface area contributed by atoms with Gasteiger partial charge in [-0.05, 0) is 54.1 Å². The van der Waals surface area contributed by atoms with Crippen LogP contribution in [0.3, 0.4) is 0 Å². The second-order valence-corrected chi connectivity index (χ2v) is 6.79. The van der Waals surface area contributed by atoms with E-state index in [9.17, 15) is 5.11 Å². The van der Waals surface area contributed by atoms with Crippen molar-refractivity contribution >= 4 is 10.9 Å². The van der Waals surface area contributed by atoms with Crippen molar-refractivity contribution in [2.75, 3.05) is 13.7 Å². The van der Waals surface area contributed by atoms with Crippen LogP contribution in [-0.4, -0.2) is 29.4 Å². The van der Waals surface area contributed by atoms with Crippen LogP contribution in [0.5, 0.6) is 5.75 Å². The highest BCUT2D eigenvalue weighted by Crippen LogP contribution is 2.29. The summed E-state index contributed by atoms with van der Waals surface area (Å²) in [5, 5.41) is 15.0. The van der Waals surface area contributed by atoms with Gasteiger partial charge in [0.05, 0.1) is 32.6 Å². The fourth-order valence-electron chi connectivity index (χ4n) is 3.46. The molecule has 4 aromatic rings. The van der Waals surface area contributed by atoms with E-state index in [1.807, 2.05) is 48.5 Å². The predicted molar refractivity (Wildman–Crippen MR) is 110 cm³/mol. The molecule has 0 saturated heterocycles. The second kappa shape index (κ2) is 8.33. The lowest BCUT2D eigenvalue weighted by molar-refractivity contribution is 0.152. The minimum atomic E-state index is -0.525. The number of rotatable bonds is 8. The molecule has 2 aromatic heterocycles. The lowest BCUT2D eigenvalue weighted by Crippen LogP contribution is -2.30. The van der Waals surface area contributed by atoms with Gasteiger partial charge in [-0.1, -0.05) is 18.2 Å². The van der Waals surface area contributed by atoms with Crippen LogP contribution >= 0.6 is 0 Å². The van der Waals surface area contributed by atoms with Gasteiger partial charge < -0.3 is 24.1 Å². The zero-order chi connectivity index (χ0) is 19.3.